The van der Waals surface area contributed by atoms with Crippen LogP contribution in [0.1, 0.15) is 201 Å². The SMILES string of the molecule is CC/C=C\C/C=C\C/C=C\C/C=C\C/C=C\CC(=O)OCC(COC(=O)CCCCCCC/C=C\CCCCCCCC)OC(=O)CCCC/C=C\C/C=C\C/C=C\C/C=C\CC. The molecule has 1 atom stereocenters. The Hall–Kier alpha value is -4.19. The number of carbonyl (C=O) groups excluding carboxylic acids is 3. The summed E-state index contributed by atoms with van der Waals surface area (Å²) in [5.41, 5.74) is 0. The average molecular weight is 871 g/mol. The van der Waals surface area contributed by atoms with Crippen molar-refractivity contribution in [2.24, 2.45) is 0 Å². The van der Waals surface area contributed by atoms with Gasteiger partial charge in [-0.3, -0.25) is 14.4 Å². The van der Waals surface area contributed by atoms with Crippen LogP contribution in [0.3, 0.4) is 0 Å². The lowest BCUT2D eigenvalue weighted by molar-refractivity contribution is -0.166. The standard InChI is InChI=1S/C57H90O6/c1-4-7-10-13-16-19-22-25-28-31-34-37-40-43-46-49-55(58)61-52-54(63-57(60)51-48-45-42-39-36-33-30-27-24-21-18-15-12-9-6-3)53-62-56(59)50-47-44-41-38-35-32-29-26-23-20-17-14-11-8-5-2/h7,9-10,12,16,18-19,21,25-30,34,36-37,39,43,46,54H,4-6,8,11,13-15,17,20,22-24,31-33,35,38,40-42,44-45,47-53H2,1-3H3/b10-7-,12-9-,19-16-,21-18-,28-25-,29-26-,30-27-,37-34-,39-36-,46-43-. The van der Waals surface area contributed by atoms with E-state index in [1.54, 1.807) is 6.08 Å². The highest BCUT2D eigenvalue weighted by Crippen LogP contribution is 2.12. The predicted octanol–water partition coefficient (Wildman–Crippen LogP) is 16.5. The van der Waals surface area contributed by atoms with Crippen molar-refractivity contribution in [3.63, 3.8) is 0 Å². The first kappa shape index (κ1) is 58.8. The molecule has 0 aliphatic rings. The molecule has 0 amide bonds. The van der Waals surface area contributed by atoms with Crippen LogP contribution in [0, 0.1) is 0 Å². The molecule has 0 saturated heterocycles. The van der Waals surface area contributed by atoms with E-state index >= 15 is 0 Å². The van der Waals surface area contributed by atoms with Crippen molar-refractivity contribution in [3.05, 3.63) is 122 Å². The maximum atomic E-state index is 12.8. The molecule has 1 unspecified atom stereocenters. The smallest absolute Gasteiger partial charge is 0.309 e. The summed E-state index contributed by atoms with van der Waals surface area (Å²) in [4.78, 5) is 37.9. The van der Waals surface area contributed by atoms with Crippen LogP contribution in [0.15, 0.2) is 122 Å². The molecule has 0 spiro atoms. The number of ether oxygens (including phenoxy) is 3. The van der Waals surface area contributed by atoms with E-state index in [4.69, 9.17) is 14.2 Å². The summed E-state index contributed by atoms with van der Waals surface area (Å²) in [5, 5.41) is 0. The molecule has 0 aliphatic carbocycles. The molecule has 6 nitrogen and oxygen atoms in total. The molecular formula is C57H90O6. The maximum Gasteiger partial charge on any atom is 0.309 e. The molecule has 6 heteroatoms. The highest BCUT2D eigenvalue weighted by molar-refractivity contribution is 5.72. The molecule has 0 aromatic carbocycles. The molecule has 0 rings (SSSR count). The minimum atomic E-state index is -0.845. The molecule has 0 heterocycles. The molecule has 63 heavy (non-hydrogen) atoms. The Balaban J connectivity index is 4.61. The van der Waals surface area contributed by atoms with Crippen LogP contribution < -0.4 is 0 Å². The lowest BCUT2D eigenvalue weighted by Gasteiger charge is -2.18. The lowest BCUT2D eigenvalue weighted by atomic mass is 10.1. The Kier molecular flexibility index (Phi) is 47.1. The Labute approximate surface area is 386 Å². The van der Waals surface area contributed by atoms with E-state index in [2.05, 4.69) is 130 Å². The summed E-state index contributed by atoms with van der Waals surface area (Å²) < 4.78 is 16.6. The van der Waals surface area contributed by atoms with Gasteiger partial charge in [0.25, 0.3) is 0 Å². The predicted molar refractivity (Wildman–Crippen MR) is 269 cm³/mol. The van der Waals surface area contributed by atoms with E-state index < -0.39 is 12.1 Å². The lowest BCUT2D eigenvalue weighted by Crippen LogP contribution is -2.30. The molecule has 354 valence electrons. The number of rotatable bonds is 43. The zero-order valence-electron chi connectivity index (χ0n) is 40.3. The number of allylic oxidation sites excluding steroid dienone is 19. The zero-order chi connectivity index (χ0) is 45.8. The summed E-state index contributed by atoms with van der Waals surface area (Å²) in [6, 6.07) is 0. The minimum absolute atomic E-state index is 0.112. The van der Waals surface area contributed by atoms with E-state index in [9.17, 15) is 14.4 Å². The van der Waals surface area contributed by atoms with Gasteiger partial charge in [0.15, 0.2) is 6.10 Å². The van der Waals surface area contributed by atoms with Gasteiger partial charge in [0, 0.05) is 12.8 Å². The fourth-order valence-corrected chi connectivity index (χ4v) is 6.26. The van der Waals surface area contributed by atoms with E-state index in [1.165, 1.54) is 51.4 Å². The van der Waals surface area contributed by atoms with Gasteiger partial charge in [-0.1, -0.05) is 194 Å². The van der Waals surface area contributed by atoms with Gasteiger partial charge < -0.3 is 14.2 Å². The normalized spacial score (nSPS) is 13.1. The van der Waals surface area contributed by atoms with Gasteiger partial charge in [-0.2, -0.15) is 0 Å². The monoisotopic (exact) mass is 871 g/mol. The quantitative estimate of drug-likeness (QED) is 0.0263. The topological polar surface area (TPSA) is 78.9 Å². The van der Waals surface area contributed by atoms with Crippen LogP contribution in [0.25, 0.3) is 0 Å². The fraction of sp³-hybridized carbons (Fsp3) is 0.596. The van der Waals surface area contributed by atoms with E-state index in [0.29, 0.717) is 12.8 Å². The molecule has 0 fully saturated rings. The number of unbranched alkanes of at least 4 members (excludes halogenated alkanes) is 13. The summed E-state index contributed by atoms with van der Waals surface area (Å²) in [5.74, 6) is -1.13. The number of hydrogen-bond acceptors (Lipinski definition) is 6. The molecule has 0 N–H and O–H groups in total. The van der Waals surface area contributed by atoms with Gasteiger partial charge in [-0.25, -0.2) is 0 Å². The van der Waals surface area contributed by atoms with Gasteiger partial charge >= 0.3 is 17.9 Å². The number of esters is 3. The minimum Gasteiger partial charge on any atom is -0.462 e. The largest absolute Gasteiger partial charge is 0.462 e. The van der Waals surface area contributed by atoms with Crippen LogP contribution in [0.5, 0.6) is 0 Å². The third-order valence-electron chi connectivity index (χ3n) is 9.96. The van der Waals surface area contributed by atoms with Gasteiger partial charge in [0.1, 0.15) is 13.2 Å². The first-order chi connectivity index (χ1) is 31.0. The molecular weight excluding hydrogens is 781 g/mol. The Morgan fingerprint density at radius 2 is 0.683 bits per heavy atom. The second-order valence-corrected chi connectivity index (χ2v) is 16.0. The second kappa shape index (κ2) is 50.5. The number of carbonyl (C=O) groups is 3. The van der Waals surface area contributed by atoms with Gasteiger partial charge in [-0.15, -0.1) is 0 Å². The van der Waals surface area contributed by atoms with Gasteiger partial charge in [-0.05, 0) is 109 Å². The van der Waals surface area contributed by atoms with Crippen LogP contribution in [-0.4, -0.2) is 37.2 Å². The Morgan fingerprint density at radius 3 is 1.16 bits per heavy atom. The van der Waals surface area contributed by atoms with E-state index in [0.717, 1.165) is 103 Å². The highest BCUT2D eigenvalue weighted by atomic mass is 16.6. The second-order valence-electron chi connectivity index (χ2n) is 16.0. The van der Waals surface area contributed by atoms with Crippen LogP contribution in [0.2, 0.25) is 0 Å². The molecule has 0 aromatic heterocycles. The fourth-order valence-electron chi connectivity index (χ4n) is 6.26. The van der Waals surface area contributed by atoms with E-state index in [-0.39, 0.29) is 38.0 Å². The third-order valence-corrected chi connectivity index (χ3v) is 9.96. The van der Waals surface area contributed by atoms with Crippen molar-refractivity contribution < 1.29 is 28.6 Å². The summed E-state index contributed by atoms with van der Waals surface area (Å²) >= 11 is 0. The van der Waals surface area contributed by atoms with Crippen molar-refractivity contribution in [2.75, 3.05) is 13.2 Å². The first-order valence-electron chi connectivity index (χ1n) is 25.0. The summed E-state index contributed by atoms with van der Waals surface area (Å²) in [7, 11) is 0. The summed E-state index contributed by atoms with van der Waals surface area (Å²) in [6.45, 7) is 6.25. The Morgan fingerprint density at radius 1 is 0.349 bits per heavy atom. The first-order valence-corrected chi connectivity index (χ1v) is 25.0. The van der Waals surface area contributed by atoms with Crippen LogP contribution in [-0.2, 0) is 28.6 Å². The molecule has 0 aliphatic heterocycles. The molecule has 0 aromatic rings. The van der Waals surface area contributed by atoms with Gasteiger partial charge in [0.2, 0.25) is 0 Å². The zero-order valence-corrected chi connectivity index (χ0v) is 40.3. The van der Waals surface area contributed by atoms with Crippen molar-refractivity contribution in [1.29, 1.82) is 0 Å². The third kappa shape index (κ3) is 48.7. The molecule has 0 bridgehead atoms. The van der Waals surface area contributed by atoms with Crippen molar-refractivity contribution in [3.8, 4) is 0 Å². The highest BCUT2D eigenvalue weighted by Gasteiger charge is 2.19. The van der Waals surface area contributed by atoms with E-state index in [1.807, 2.05) is 6.08 Å². The maximum absolute atomic E-state index is 12.8. The van der Waals surface area contributed by atoms with Crippen molar-refractivity contribution in [1.82, 2.24) is 0 Å². The molecule has 0 saturated carbocycles. The molecule has 0 radical (unpaired) electrons. The average Bonchev–Trinajstić information content (AvgIpc) is 3.28. The van der Waals surface area contributed by atoms with Crippen LogP contribution >= 0.6 is 0 Å². The Bertz CT molecular complexity index is 1370. The number of hydrogen-bond donors (Lipinski definition) is 0. The van der Waals surface area contributed by atoms with Crippen molar-refractivity contribution >= 4 is 17.9 Å². The summed E-state index contributed by atoms with van der Waals surface area (Å²) in [6.07, 6.45) is 69.2. The van der Waals surface area contributed by atoms with Crippen LogP contribution in [0.4, 0.5) is 0 Å². The van der Waals surface area contributed by atoms with Gasteiger partial charge in [0.05, 0.1) is 6.42 Å². The van der Waals surface area contributed by atoms with Crippen molar-refractivity contribution in [2.45, 2.75) is 207 Å².